The molecule has 1 heterocycles. The normalized spacial score (nSPS) is 19.0. The highest BCUT2D eigenvalue weighted by atomic mass is 79.9. The van der Waals surface area contributed by atoms with Gasteiger partial charge in [0.15, 0.2) is 0 Å². The van der Waals surface area contributed by atoms with E-state index < -0.39 is 0 Å². The molecule has 1 fully saturated rings. The zero-order valence-electron chi connectivity index (χ0n) is 9.05. The molecule has 0 aromatic heterocycles. The summed E-state index contributed by atoms with van der Waals surface area (Å²) in [5.41, 5.74) is 3.71. The van der Waals surface area contributed by atoms with E-state index in [9.17, 15) is 0 Å². The van der Waals surface area contributed by atoms with Gasteiger partial charge in [-0.1, -0.05) is 28.1 Å². The Hall–Kier alpha value is -0.540. The fraction of sp³-hybridized carbons (Fsp3) is 0.500. The summed E-state index contributed by atoms with van der Waals surface area (Å²) in [6.07, 6.45) is 0.316. The van der Waals surface area contributed by atoms with E-state index in [-0.39, 0.29) is 0 Å². The molecule has 15 heavy (non-hydrogen) atoms. The highest BCUT2D eigenvalue weighted by Gasteiger charge is 2.23. The van der Waals surface area contributed by atoms with Crippen LogP contribution in [-0.2, 0) is 10.1 Å². The van der Waals surface area contributed by atoms with Crippen molar-refractivity contribution in [3.05, 3.63) is 28.8 Å². The van der Waals surface area contributed by atoms with Crippen molar-refractivity contribution in [2.24, 2.45) is 0 Å². The van der Waals surface area contributed by atoms with Gasteiger partial charge in [-0.25, -0.2) is 0 Å². The number of hydrogen-bond donors (Lipinski definition) is 0. The van der Waals surface area contributed by atoms with Crippen molar-refractivity contribution in [1.82, 2.24) is 0 Å². The van der Waals surface area contributed by atoms with Crippen molar-refractivity contribution in [3.63, 3.8) is 0 Å². The molecule has 1 unspecified atom stereocenters. The molecule has 1 aromatic carbocycles. The van der Waals surface area contributed by atoms with Crippen LogP contribution >= 0.6 is 15.9 Å². The van der Waals surface area contributed by atoms with Gasteiger partial charge in [-0.05, 0) is 30.5 Å². The monoisotopic (exact) mass is 270 g/mol. The van der Waals surface area contributed by atoms with Crippen molar-refractivity contribution in [2.45, 2.75) is 25.3 Å². The van der Waals surface area contributed by atoms with Crippen LogP contribution in [0, 0.1) is 13.8 Å². The van der Waals surface area contributed by atoms with Crippen LogP contribution in [0.4, 0.5) is 0 Å². The van der Waals surface area contributed by atoms with Gasteiger partial charge in [0.2, 0.25) is 0 Å². The average Bonchev–Trinajstić information content (AvgIpc) is 3.02. The third-order valence-corrected chi connectivity index (χ3v) is 3.28. The Balaban J connectivity index is 2.18. The van der Waals surface area contributed by atoms with Crippen molar-refractivity contribution < 1.29 is 9.47 Å². The summed E-state index contributed by atoms with van der Waals surface area (Å²) >= 11 is 3.48. The standard InChI is InChI=1S/C12H15BrO2/c1-8-3-4-10(5-13)9(2)12(8)15-7-11-6-14-11/h3-4,11H,5-7H2,1-2H3. The molecular formula is C12H15BrO2. The Morgan fingerprint density at radius 1 is 1.47 bits per heavy atom. The number of rotatable bonds is 4. The fourth-order valence-corrected chi connectivity index (χ4v) is 2.18. The lowest BCUT2D eigenvalue weighted by Gasteiger charge is -2.13. The van der Waals surface area contributed by atoms with Gasteiger partial charge in [0, 0.05) is 5.33 Å². The maximum absolute atomic E-state index is 5.79. The van der Waals surface area contributed by atoms with Crippen LogP contribution in [0.15, 0.2) is 12.1 Å². The van der Waals surface area contributed by atoms with Crippen LogP contribution in [0.3, 0.4) is 0 Å². The molecule has 0 radical (unpaired) electrons. The van der Waals surface area contributed by atoms with Gasteiger partial charge in [0.05, 0.1) is 6.61 Å². The molecule has 3 heteroatoms. The minimum atomic E-state index is 0.316. The molecule has 1 atom stereocenters. The summed E-state index contributed by atoms with van der Waals surface area (Å²) in [5.74, 6) is 1.02. The molecule has 0 N–H and O–H groups in total. The molecule has 0 amide bonds. The lowest BCUT2D eigenvalue weighted by molar-refractivity contribution is 0.260. The molecule has 1 saturated heterocycles. The molecule has 1 aliphatic rings. The largest absolute Gasteiger partial charge is 0.490 e. The zero-order chi connectivity index (χ0) is 10.8. The molecule has 0 aliphatic carbocycles. The van der Waals surface area contributed by atoms with Crippen molar-refractivity contribution >= 4 is 15.9 Å². The van der Waals surface area contributed by atoms with Gasteiger partial charge in [-0.3, -0.25) is 0 Å². The van der Waals surface area contributed by atoms with Crippen LogP contribution in [0.5, 0.6) is 5.75 Å². The molecule has 0 saturated carbocycles. The second-order valence-electron chi connectivity index (χ2n) is 3.90. The summed E-state index contributed by atoms with van der Waals surface area (Å²) in [6.45, 7) is 5.70. The van der Waals surface area contributed by atoms with E-state index in [2.05, 4.69) is 41.9 Å². The average molecular weight is 271 g/mol. The molecule has 0 bridgehead atoms. The first-order valence-corrected chi connectivity index (χ1v) is 6.24. The summed E-state index contributed by atoms with van der Waals surface area (Å²) in [5, 5.41) is 0.870. The minimum absolute atomic E-state index is 0.316. The quantitative estimate of drug-likeness (QED) is 0.620. The third kappa shape index (κ3) is 2.52. The summed E-state index contributed by atoms with van der Waals surface area (Å²) < 4.78 is 10.9. The smallest absolute Gasteiger partial charge is 0.125 e. The highest BCUT2D eigenvalue weighted by Crippen LogP contribution is 2.28. The molecule has 0 spiro atoms. The third-order valence-electron chi connectivity index (χ3n) is 2.67. The van der Waals surface area contributed by atoms with Gasteiger partial charge in [-0.2, -0.15) is 0 Å². The number of aryl methyl sites for hydroxylation is 1. The SMILES string of the molecule is Cc1ccc(CBr)c(C)c1OCC1CO1. The topological polar surface area (TPSA) is 21.8 Å². The lowest BCUT2D eigenvalue weighted by Crippen LogP contribution is -2.07. The zero-order valence-corrected chi connectivity index (χ0v) is 10.6. The summed E-state index contributed by atoms with van der Waals surface area (Å²) in [7, 11) is 0. The minimum Gasteiger partial charge on any atom is -0.490 e. The number of benzene rings is 1. The van der Waals surface area contributed by atoms with Gasteiger partial charge >= 0.3 is 0 Å². The maximum atomic E-state index is 5.79. The van der Waals surface area contributed by atoms with Crippen LogP contribution in [0.2, 0.25) is 0 Å². The van der Waals surface area contributed by atoms with Crippen LogP contribution in [-0.4, -0.2) is 19.3 Å². The van der Waals surface area contributed by atoms with E-state index in [1.54, 1.807) is 0 Å². The number of hydrogen-bond acceptors (Lipinski definition) is 2. The van der Waals surface area contributed by atoms with E-state index in [4.69, 9.17) is 9.47 Å². The van der Waals surface area contributed by atoms with E-state index in [0.29, 0.717) is 12.7 Å². The van der Waals surface area contributed by atoms with Gasteiger partial charge in [0.25, 0.3) is 0 Å². The lowest BCUT2D eigenvalue weighted by atomic mass is 10.1. The van der Waals surface area contributed by atoms with Crippen molar-refractivity contribution in [1.29, 1.82) is 0 Å². The van der Waals surface area contributed by atoms with E-state index in [1.807, 2.05) is 0 Å². The highest BCUT2D eigenvalue weighted by molar-refractivity contribution is 9.08. The number of alkyl halides is 1. The predicted molar refractivity (Wildman–Crippen MR) is 63.8 cm³/mol. The Kier molecular flexibility index (Phi) is 3.32. The Morgan fingerprint density at radius 2 is 2.20 bits per heavy atom. The molecular weight excluding hydrogens is 256 g/mol. The molecule has 2 nitrogen and oxygen atoms in total. The van der Waals surface area contributed by atoms with Crippen LogP contribution in [0.1, 0.15) is 16.7 Å². The van der Waals surface area contributed by atoms with Gasteiger partial charge in [-0.15, -0.1) is 0 Å². The Labute approximate surface area is 98.7 Å². The van der Waals surface area contributed by atoms with Crippen LogP contribution < -0.4 is 4.74 Å². The first kappa shape index (κ1) is 11.0. The maximum Gasteiger partial charge on any atom is 0.125 e. The second-order valence-corrected chi connectivity index (χ2v) is 4.46. The molecule has 1 aromatic rings. The van der Waals surface area contributed by atoms with Gasteiger partial charge < -0.3 is 9.47 Å². The first-order chi connectivity index (χ1) is 7.22. The van der Waals surface area contributed by atoms with E-state index in [0.717, 1.165) is 17.7 Å². The molecule has 1 aliphatic heterocycles. The Morgan fingerprint density at radius 3 is 2.80 bits per heavy atom. The molecule has 82 valence electrons. The van der Waals surface area contributed by atoms with Crippen molar-refractivity contribution in [2.75, 3.05) is 13.2 Å². The summed E-state index contributed by atoms with van der Waals surface area (Å²) in [4.78, 5) is 0. The number of epoxide rings is 1. The predicted octanol–water partition coefficient (Wildman–Crippen LogP) is 2.98. The number of halogens is 1. The first-order valence-electron chi connectivity index (χ1n) is 5.12. The van der Waals surface area contributed by atoms with Crippen LogP contribution in [0.25, 0.3) is 0 Å². The van der Waals surface area contributed by atoms with Crippen molar-refractivity contribution in [3.8, 4) is 5.75 Å². The Bertz CT molecular complexity index is 359. The van der Waals surface area contributed by atoms with E-state index in [1.165, 1.54) is 16.7 Å². The fourth-order valence-electron chi connectivity index (χ4n) is 1.58. The second kappa shape index (κ2) is 4.54. The molecule has 2 rings (SSSR count). The van der Waals surface area contributed by atoms with Gasteiger partial charge in [0.1, 0.15) is 18.5 Å². The number of ether oxygens (including phenoxy) is 2. The van der Waals surface area contributed by atoms with E-state index >= 15 is 0 Å². The summed E-state index contributed by atoms with van der Waals surface area (Å²) in [6, 6.07) is 4.24.